The van der Waals surface area contributed by atoms with Crippen LogP contribution in [0.4, 0.5) is 16.4 Å². The number of nitrogens with zero attached hydrogens (tertiary/aromatic N) is 1. The van der Waals surface area contributed by atoms with Crippen LogP contribution in [0.5, 0.6) is 0 Å². The molecule has 2 rings (SSSR count). The maximum atomic E-state index is 12.2. The van der Waals surface area contributed by atoms with Gasteiger partial charge in [-0.2, -0.15) is 0 Å². The predicted molar refractivity (Wildman–Crippen MR) is 85.3 cm³/mol. The molecule has 21 heavy (non-hydrogen) atoms. The average Bonchev–Trinajstić information content (AvgIpc) is 2.76. The molecule has 0 spiro atoms. The van der Waals surface area contributed by atoms with Gasteiger partial charge in [-0.25, -0.2) is 8.42 Å². The Bertz CT molecular complexity index is 822. The van der Waals surface area contributed by atoms with Crippen molar-refractivity contribution in [2.75, 3.05) is 10.5 Å². The number of nitrogen functional groups attached to an aromatic ring is 1. The molecule has 2 aromatic rings. The van der Waals surface area contributed by atoms with E-state index in [-0.39, 0.29) is 19.9 Å². The molecule has 11 heteroatoms. The lowest BCUT2D eigenvalue weighted by Crippen LogP contribution is -2.11. The van der Waals surface area contributed by atoms with E-state index in [2.05, 4.69) is 20.7 Å². The Morgan fingerprint density at radius 3 is 2.57 bits per heavy atom. The fraction of sp³-hybridized carbons (Fsp3) is 0. The first kappa shape index (κ1) is 16.0. The van der Waals surface area contributed by atoms with E-state index in [1.165, 1.54) is 12.1 Å². The van der Waals surface area contributed by atoms with Crippen molar-refractivity contribution in [2.24, 2.45) is 0 Å². The lowest BCUT2D eigenvalue weighted by Gasteiger charge is -2.07. The maximum absolute atomic E-state index is 12.2. The van der Waals surface area contributed by atoms with Gasteiger partial charge in [0.15, 0.2) is 5.00 Å². The smallest absolute Gasteiger partial charge is 0.304 e. The van der Waals surface area contributed by atoms with Crippen LogP contribution < -0.4 is 10.5 Å². The number of hydrogen-bond donors (Lipinski definition) is 2. The van der Waals surface area contributed by atoms with E-state index >= 15 is 0 Å². The van der Waals surface area contributed by atoms with Gasteiger partial charge in [-0.1, -0.05) is 38.9 Å². The molecule has 112 valence electrons. The second-order valence-electron chi connectivity index (χ2n) is 3.80. The van der Waals surface area contributed by atoms with E-state index in [0.717, 1.165) is 6.07 Å². The third-order valence-electron chi connectivity index (χ3n) is 2.35. The minimum absolute atomic E-state index is 0.162. The van der Waals surface area contributed by atoms with E-state index in [0.29, 0.717) is 15.8 Å². The molecule has 0 radical (unpaired) electrons. The first-order valence-electron chi connectivity index (χ1n) is 5.22. The summed E-state index contributed by atoms with van der Waals surface area (Å²) in [6.07, 6.45) is 0. The summed E-state index contributed by atoms with van der Waals surface area (Å²) in [5.74, 6) is 0. The number of nitrogens with one attached hydrogen (secondary N) is 1. The summed E-state index contributed by atoms with van der Waals surface area (Å²) in [5, 5.41) is 10.7. The van der Waals surface area contributed by atoms with Gasteiger partial charge in [-0.3, -0.25) is 14.8 Å². The molecule has 0 aliphatic rings. The lowest BCUT2D eigenvalue weighted by molar-refractivity contribution is -0.383. The number of rotatable bonds is 4. The van der Waals surface area contributed by atoms with E-state index in [1.807, 2.05) is 0 Å². The Balaban J connectivity index is 2.38. The van der Waals surface area contributed by atoms with Crippen molar-refractivity contribution in [1.82, 2.24) is 0 Å². The highest BCUT2D eigenvalue weighted by molar-refractivity contribution is 9.10. The van der Waals surface area contributed by atoms with Gasteiger partial charge in [0.05, 0.1) is 15.6 Å². The van der Waals surface area contributed by atoms with Crippen LogP contribution in [0.3, 0.4) is 0 Å². The summed E-state index contributed by atoms with van der Waals surface area (Å²) in [6, 6.07) is 5.50. The topological polar surface area (TPSA) is 115 Å². The van der Waals surface area contributed by atoms with Crippen molar-refractivity contribution in [3.63, 3.8) is 0 Å². The summed E-state index contributed by atoms with van der Waals surface area (Å²) in [7, 11) is -4.00. The van der Waals surface area contributed by atoms with Crippen molar-refractivity contribution in [3.05, 3.63) is 43.9 Å². The maximum Gasteiger partial charge on any atom is 0.304 e. The highest BCUT2D eigenvalue weighted by atomic mass is 79.9. The van der Waals surface area contributed by atoms with Crippen molar-refractivity contribution in [3.8, 4) is 0 Å². The van der Waals surface area contributed by atoms with E-state index < -0.39 is 20.6 Å². The molecule has 0 saturated carbocycles. The summed E-state index contributed by atoms with van der Waals surface area (Å²) in [6.45, 7) is 0. The highest BCUT2D eigenvalue weighted by Crippen LogP contribution is 2.36. The Morgan fingerprint density at radius 2 is 2.05 bits per heavy atom. The van der Waals surface area contributed by atoms with Gasteiger partial charge < -0.3 is 5.73 Å². The molecule has 3 N–H and O–H groups in total. The van der Waals surface area contributed by atoms with Crippen molar-refractivity contribution in [1.29, 1.82) is 0 Å². The number of anilines is 2. The van der Waals surface area contributed by atoms with Crippen LogP contribution in [0.15, 0.2) is 32.9 Å². The standard InChI is InChI=1S/C10H7BrClN3O4S2/c11-5-1-2-7(6(12)3-5)14-21(18,19)9-4-8(15(16)17)10(13)20-9/h1-4,14H,13H2. The van der Waals surface area contributed by atoms with Crippen molar-refractivity contribution in [2.45, 2.75) is 4.21 Å². The van der Waals surface area contributed by atoms with Gasteiger partial charge in [-0.05, 0) is 18.2 Å². The lowest BCUT2D eigenvalue weighted by atomic mass is 10.3. The molecular weight excluding hydrogens is 406 g/mol. The number of nitro groups is 1. The van der Waals surface area contributed by atoms with Gasteiger partial charge >= 0.3 is 5.69 Å². The van der Waals surface area contributed by atoms with Crippen molar-refractivity contribution < 1.29 is 13.3 Å². The Kier molecular flexibility index (Phi) is 4.42. The molecule has 0 aliphatic heterocycles. The van der Waals surface area contributed by atoms with Crippen LogP contribution in [-0.4, -0.2) is 13.3 Å². The minimum atomic E-state index is -4.00. The number of halogens is 2. The Hall–Kier alpha value is -1.36. The van der Waals surface area contributed by atoms with Gasteiger partial charge in [0, 0.05) is 10.5 Å². The third-order valence-corrected chi connectivity index (χ3v) is 5.95. The first-order valence-corrected chi connectivity index (χ1v) is 8.69. The zero-order valence-electron chi connectivity index (χ0n) is 10.0. The van der Waals surface area contributed by atoms with Gasteiger partial charge in [0.1, 0.15) is 4.21 Å². The molecule has 0 fully saturated rings. The van der Waals surface area contributed by atoms with Crippen LogP contribution >= 0.6 is 38.9 Å². The summed E-state index contributed by atoms with van der Waals surface area (Å²) in [4.78, 5) is 9.96. The SMILES string of the molecule is Nc1sc(S(=O)(=O)Nc2ccc(Br)cc2Cl)cc1[N+](=O)[O-]. The third kappa shape index (κ3) is 3.46. The number of nitrogens with two attached hydrogens (primary N) is 1. The number of sulfonamides is 1. The van der Waals surface area contributed by atoms with Gasteiger partial charge in [0.25, 0.3) is 10.0 Å². The van der Waals surface area contributed by atoms with Crippen LogP contribution in [-0.2, 0) is 10.0 Å². The molecule has 0 unspecified atom stereocenters. The van der Waals surface area contributed by atoms with E-state index in [1.54, 1.807) is 6.07 Å². The zero-order valence-corrected chi connectivity index (χ0v) is 14.0. The first-order chi connectivity index (χ1) is 9.70. The molecule has 0 amide bonds. The summed E-state index contributed by atoms with van der Waals surface area (Å²) >= 11 is 9.73. The van der Waals surface area contributed by atoms with Gasteiger partial charge in [0.2, 0.25) is 0 Å². The van der Waals surface area contributed by atoms with Crippen LogP contribution in [0.2, 0.25) is 5.02 Å². The minimum Gasteiger partial charge on any atom is -0.385 e. The number of thiophene rings is 1. The second kappa shape index (κ2) is 5.79. The molecule has 1 aromatic heterocycles. The molecule has 0 bridgehead atoms. The molecule has 0 atom stereocenters. The molecule has 1 aromatic carbocycles. The second-order valence-corrected chi connectivity index (χ2v) is 8.12. The molecule has 7 nitrogen and oxygen atoms in total. The highest BCUT2D eigenvalue weighted by Gasteiger charge is 2.25. The number of benzene rings is 1. The molecule has 0 saturated heterocycles. The van der Waals surface area contributed by atoms with Crippen LogP contribution in [0.1, 0.15) is 0 Å². The Labute approximate surface area is 137 Å². The Morgan fingerprint density at radius 1 is 1.38 bits per heavy atom. The summed E-state index contributed by atoms with van der Waals surface area (Å²) < 4.78 is 27.0. The largest absolute Gasteiger partial charge is 0.385 e. The van der Waals surface area contributed by atoms with E-state index in [9.17, 15) is 18.5 Å². The van der Waals surface area contributed by atoms with Crippen molar-refractivity contribution >= 4 is 65.3 Å². The zero-order chi connectivity index (χ0) is 15.8. The number of hydrogen-bond acceptors (Lipinski definition) is 6. The van der Waals surface area contributed by atoms with Gasteiger partial charge in [-0.15, -0.1) is 0 Å². The fourth-order valence-electron chi connectivity index (χ4n) is 1.42. The molecule has 0 aliphatic carbocycles. The summed E-state index contributed by atoms with van der Waals surface area (Å²) in [5.41, 5.74) is 5.15. The fourth-order valence-corrected chi connectivity index (χ4v) is 4.49. The quantitative estimate of drug-likeness (QED) is 0.589. The van der Waals surface area contributed by atoms with Crippen LogP contribution in [0, 0.1) is 10.1 Å². The normalized spacial score (nSPS) is 11.3. The molecule has 1 heterocycles. The predicted octanol–water partition coefficient (Wildman–Crippen LogP) is 3.46. The molecular formula is C10H7BrClN3O4S2. The van der Waals surface area contributed by atoms with Crippen LogP contribution in [0.25, 0.3) is 0 Å². The monoisotopic (exact) mass is 411 g/mol. The van der Waals surface area contributed by atoms with E-state index in [4.69, 9.17) is 17.3 Å². The average molecular weight is 413 g/mol.